The predicted octanol–water partition coefficient (Wildman–Crippen LogP) is 3.63. The number of thiophene rings is 1. The lowest BCUT2D eigenvalue weighted by Gasteiger charge is -2.01. The van der Waals surface area contributed by atoms with Gasteiger partial charge in [-0.05, 0) is 31.2 Å². The molecule has 0 aliphatic carbocycles. The predicted molar refractivity (Wildman–Crippen MR) is 84.4 cm³/mol. The smallest absolute Gasteiger partial charge is 0.226 e. The molecule has 0 aliphatic heterocycles. The average Bonchev–Trinajstić information content (AvgIpc) is 3.16. The molecule has 21 heavy (non-hydrogen) atoms. The molecule has 0 saturated carbocycles. The monoisotopic (exact) mass is 318 g/mol. The van der Waals surface area contributed by atoms with Crippen LogP contribution in [0.4, 0.5) is 0 Å². The summed E-state index contributed by atoms with van der Waals surface area (Å²) in [6, 6.07) is 7.79. The zero-order valence-electron chi connectivity index (χ0n) is 11.5. The number of thiazole rings is 1. The number of amides is 1. The second-order valence-corrected chi connectivity index (χ2v) is 6.82. The standard InChI is InChI=1S/C15H14N2O2S2/c1-10-4-5-12(21-10)8-16-14(18)7-11-9-20-15(17-11)13-3-2-6-19-13/h2-6,9H,7-8H2,1H3,(H,16,18). The van der Waals surface area contributed by atoms with E-state index in [1.165, 1.54) is 16.2 Å². The highest BCUT2D eigenvalue weighted by atomic mass is 32.1. The third kappa shape index (κ3) is 3.59. The molecule has 0 saturated heterocycles. The lowest BCUT2D eigenvalue weighted by atomic mass is 10.3. The van der Waals surface area contributed by atoms with Crippen molar-refractivity contribution in [1.82, 2.24) is 10.3 Å². The van der Waals surface area contributed by atoms with Crippen LogP contribution in [0, 0.1) is 6.92 Å². The molecular weight excluding hydrogens is 304 g/mol. The van der Waals surface area contributed by atoms with E-state index in [-0.39, 0.29) is 5.91 Å². The molecule has 1 amide bonds. The minimum absolute atomic E-state index is 0.0163. The molecular formula is C15H14N2O2S2. The van der Waals surface area contributed by atoms with E-state index in [1.807, 2.05) is 23.6 Å². The SMILES string of the molecule is Cc1ccc(CNC(=O)Cc2csc(-c3ccco3)n2)s1. The maximum absolute atomic E-state index is 11.9. The van der Waals surface area contributed by atoms with Gasteiger partial charge in [-0.3, -0.25) is 4.79 Å². The molecule has 0 atom stereocenters. The summed E-state index contributed by atoms with van der Waals surface area (Å²) in [7, 11) is 0. The van der Waals surface area contributed by atoms with Crippen molar-refractivity contribution in [2.45, 2.75) is 19.9 Å². The molecule has 0 bridgehead atoms. The topological polar surface area (TPSA) is 55.1 Å². The Morgan fingerprint density at radius 2 is 2.29 bits per heavy atom. The van der Waals surface area contributed by atoms with Crippen LogP contribution in [-0.2, 0) is 17.8 Å². The van der Waals surface area contributed by atoms with Crippen molar-refractivity contribution in [2.75, 3.05) is 0 Å². The Morgan fingerprint density at radius 3 is 3.00 bits per heavy atom. The number of hydrogen-bond acceptors (Lipinski definition) is 5. The summed E-state index contributed by atoms with van der Waals surface area (Å²) in [4.78, 5) is 18.8. The Kier molecular flexibility index (Phi) is 4.17. The maximum atomic E-state index is 11.9. The van der Waals surface area contributed by atoms with Gasteiger partial charge in [0.15, 0.2) is 10.8 Å². The summed E-state index contributed by atoms with van der Waals surface area (Å²) in [6.45, 7) is 2.63. The first-order valence-corrected chi connectivity index (χ1v) is 8.20. The van der Waals surface area contributed by atoms with E-state index in [1.54, 1.807) is 17.6 Å². The summed E-state index contributed by atoms with van der Waals surface area (Å²) >= 11 is 3.18. The van der Waals surface area contributed by atoms with Crippen molar-refractivity contribution >= 4 is 28.6 Å². The van der Waals surface area contributed by atoms with E-state index in [0.29, 0.717) is 13.0 Å². The molecule has 0 unspecified atom stereocenters. The molecule has 3 rings (SSSR count). The fourth-order valence-corrected chi connectivity index (χ4v) is 3.51. The van der Waals surface area contributed by atoms with Crippen molar-refractivity contribution < 1.29 is 9.21 Å². The van der Waals surface area contributed by atoms with Gasteiger partial charge >= 0.3 is 0 Å². The van der Waals surface area contributed by atoms with Crippen LogP contribution in [0.25, 0.3) is 10.8 Å². The summed E-state index contributed by atoms with van der Waals surface area (Å²) < 4.78 is 5.29. The number of nitrogens with zero attached hydrogens (tertiary/aromatic N) is 1. The number of hydrogen-bond donors (Lipinski definition) is 1. The van der Waals surface area contributed by atoms with E-state index in [4.69, 9.17) is 4.42 Å². The molecule has 108 valence electrons. The van der Waals surface area contributed by atoms with Crippen molar-refractivity contribution in [2.24, 2.45) is 0 Å². The number of furan rings is 1. The summed E-state index contributed by atoms with van der Waals surface area (Å²) in [5.74, 6) is 0.720. The lowest BCUT2D eigenvalue weighted by Crippen LogP contribution is -2.24. The van der Waals surface area contributed by atoms with Gasteiger partial charge in [0.2, 0.25) is 5.91 Å². The van der Waals surface area contributed by atoms with Gasteiger partial charge in [0.1, 0.15) is 0 Å². The van der Waals surface area contributed by atoms with Crippen LogP contribution in [0.15, 0.2) is 40.3 Å². The van der Waals surface area contributed by atoms with Gasteiger partial charge in [-0.1, -0.05) is 0 Å². The Balaban J connectivity index is 1.55. The molecule has 3 heterocycles. The van der Waals surface area contributed by atoms with Crippen LogP contribution in [0.2, 0.25) is 0 Å². The Morgan fingerprint density at radius 1 is 1.38 bits per heavy atom. The zero-order valence-corrected chi connectivity index (χ0v) is 13.1. The summed E-state index contributed by atoms with van der Waals surface area (Å²) in [5.41, 5.74) is 0.770. The van der Waals surface area contributed by atoms with Gasteiger partial charge in [0, 0.05) is 15.1 Å². The van der Waals surface area contributed by atoms with Crippen molar-refractivity contribution in [3.63, 3.8) is 0 Å². The summed E-state index contributed by atoms with van der Waals surface area (Å²) in [6.07, 6.45) is 1.91. The van der Waals surface area contributed by atoms with E-state index in [2.05, 4.69) is 23.3 Å². The number of carbonyl (C=O) groups excluding carboxylic acids is 1. The molecule has 3 aromatic rings. The number of aromatic nitrogens is 1. The van der Waals surface area contributed by atoms with Gasteiger partial charge in [0.05, 0.1) is 24.9 Å². The van der Waals surface area contributed by atoms with E-state index >= 15 is 0 Å². The number of carbonyl (C=O) groups is 1. The van der Waals surface area contributed by atoms with Gasteiger partial charge in [-0.25, -0.2) is 4.98 Å². The van der Waals surface area contributed by atoms with Gasteiger partial charge in [-0.15, -0.1) is 22.7 Å². The fourth-order valence-electron chi connectivity index (χ4n) is 1.89. The third-order valence-electron chi connectivity index (χ3n) is 2.88. The van der Waals surface area contributed by atoms with Gasteiger partial charge < -0.3 is 9.73 Å². The maximum Gasteiger partial charge on any atom is 0.226 e. The Hall–Kier alpha value is -1.92. The van der Waals surface area contributed by atoms with Crippen molar-refractivity contribution in [3.8, 4) is 10.8 Å². The zero-order chi connectivity index (χ0) is 14.7. The van der Waals surface area contributed by atoms with Crippen LogP contribution >= 0.6 is 22.7 Å². The number of rotatable bonds is 5. The first-order chi connectivity index (χ1) is 10.2. The van der Waals surface area contributed by atoms with Crippen LogP contribution < -0.4 is 5.32 Å². The second kappa shape index (κ2) is 6.24. The lowest BCUT2D eigenvalue weighted by molar-refractivity contribution is -0.120. The molecule has 0 fully saturated rings. The Labute approximate surface area is 130 Å². The summed E-state index contributed by atoms with van der Waals surface area (Å²) in [5, 5.41) is 5.62. The first kappa shape index (κ1) is 14.0. The highest BCUT2D eigenvalue weighted by Crippen LogP contribution is 2.24. The molecule has 0 spiro atoms. The molecule has 0 aliphatic rings. The third-order valence-corrected chi connectivity index (χ3v) is 4.79. The highest BCUT2D eigenvalue weighted by molar-refractivity contribution is 7.13. The number of nitrogens with one attached hydrogen (secondary N) is 1. The van der Waals surface area contributed by atoms with Crippen molar-refractivity contribution in [1.29, 1.82) is 0 Å². The fraction of sp³-hybridized carbons (Fsp3) is 0.200. The molecule has 6 heteroatoms. The van der Waals surface area contributed by atoms with Crippen LogP contribution in [0.5, 0.6) is 0 Å². The molecule has 4 nitrogen and oxygen atoms in total. The molecule has 3 aromatic heterocycles. The average molecular weight is 318 g/mol. The minimum atomic E-state index is -0.0163. The number of aryl methyl sites for hydroxylation is 1. The molecule has 1 N–H and O–H groups in total. The van der Waals surface area contributed by atoms with E-state index in [9.17, 15) is 4.79 Å². The van der Waals surface area contributed by atoms with Crippen LogP contribution in [-0.4, -0.2) is 10.9 Å². The van der Waals surface area contributed by atoms with E-state index < -0.39 is 0 Å². The van der Waals surface area contributed by atoms with Crippen LogP contribution in [0.3, 0.4) is 0 Å². The normalized spacial score (nSPS) is 10.7. The van der Waals surface area contributed by atoms with E-state index in [0.717, 1.165) is 21.3 Å². The Bertz CT molecular complexity index is 729. The second-order valence-electron chi connectivity index (χ2n) is 4.59. The van der Waals surface area contributed by atoms with Crippen molar-refractivity contribution in [3.05, 3.63) is 51.4 Å². The molecule has 0 aromatic carbocycles. The largest absolute Gasteiger partial charge is 0.462 e. The highest BCUT2D eigenvalue weighted by Gasteiger charge is 2.10. The quantitative estimate of drug-likeness (QED) is 0.781. The van der Waals surface area contributed by atoms with Gasteiger partial charge in [0.25, 0.3) is 0 Å². The first-order valence-electron chi connectivity index (χ1n) is 6.51. The van der Waals surface area contributed by atoms with Crippen LogP contribution in [0.1, 0.15) is 15.4 Å². The molecule has 0 radical (unpaired) electrons. The van der Waals surface area contributed by atoms with Gasteiger partial charge in [-0.2, -0.15) is 0 Å². The minimum Gasteiger partial charge on any atom is -0.462 e.